The molecular weight excluding hydrogens is 132 g/mol. The lowest BCUT2D eigenvalue weighted by Crippen LogP contribution is -2.40. The Morgan fingerprint density at radius 3 is 3.30 bits per heavy atom. The van der Waals surface area contributed by atoms with Gasteiger partial charge in [-0.15, -0.1) is 0 Å². The summed E-state index contributed by atoms with van der Waals surface area (Å²) in [4.78, 5) is 13.1. The van der Waals surface area contributed by atoms with E-state index in [-0.39, 0.29) is 6.10 Å². The smallest absolute Gasteiger partial charge is 0.235 e. The average Bonchev–Trinajstić information content (AvgIpc) is 2.03. The van der Waals surface area contributed by atoms with E-state index in [0.717, 1.165) is 13.1 Å². The predicted molar refractivity (Wildman–Crippen MR) is 35.6 cm³/mol. The molecule has 0 aromatic rings. The van der Waals surface area contributed by atoms with Crippen molar-refractivity contribution in [3.63, 3.8) is 0 Å². The van der Waals surface area contributed by atoms with Crippen molar-refractivity contribution in [2.45, 2.75) is 6.10 Å². The van der Waals surface area contributed by atoms with Crippen LogP contribution < -0.4 is 5.32 Å². The second-order valence-corrected chi connectivity index (χ2v) is 2.13. The van der Waals surface area contributed by atoms with Crippen molar-refractivity contribution < 1.29 is 9.53 Å². The van der Waals surface area contributed by atoms with Crippen LogP contribution in [0.2, 0.25) is 0 Å². The van der Waals surface area contributed by atoms with Crippen molar-refractivity contribution in [1.82, 2.24) is 5.32 Å². The highest BCUT2D eigenvalue weighted by atomic mass is 16.5. The van der Waals surface area contributed by atoms with Crippen LogP contribution in [0.5, 0.6) is 0 Å². The van der Waals surface area contributed by atoms with Crippen molar-refractivity contribution in [1.29, 1.82) is 0 Å². The quantitative estimate of drug-likeness (QED) is 0.410. The van der Waals surface area contributed by atoms with E-state index in [1.165, 1.54) is 6.08 Å². The minimum atomic E-state index is 0.0650. The minimum Gasteiger partial charge on any atom is -0.374 e. The molecule has 0 amide bonds. The molecule has 1 N–H and O–H groups in total. The zero-order valence-electron chi connectivity index (χ0n) is 5.67. The molecule has 0 radical (unpaired) electrons. The lowest BCUT2D eigenvalue weighted by atomic mass is 10.3. The summed E-state index contributed by atoms with van der Waals surface area (Å²) in [5.74, 6) is 0. The normalized spacial score (nSPS) is 25.4. The van der Waals surface area contributed by atoms with Gasteiger partial charge < -0.3 is 10.1 Å². The zero-order valence-corrected chi connectivity index (χ0v) is 5.67. The van der Waals surface area contributed by atoms with Gasteiger partial charge in [-0.3, -0.25) is 0 Å². The monoisotopic (exact) mass is 142 g/mol. The SMILES string of the molecule is O=C=NCC1CNCCO1. The highest BCUT2D eigenvalue weighted by molar-refractivity contribution is 5.32. The number of nitrogens with zero attached hydrogens (tertiary/aromatic N) is 1. The summed E-state index contributed by atoms with van der Waals surface area (Å²) in [6.07, 6.45) is 1.55. The highest BCUT2D eigenvalue weighted by Gasteiger charge is 2.11. The third kappa shape index (κ3) is 2.27. The van der Waals surface area contributed by atoms with Crippen molar-refractivity contribution in [2.75, 3.05) is 26.2 Å². The Bertz CT molecular complexity index is 137. The van der Waals surface area contributed by atoms with Gasteiger partial charge in [0.25, 0.3) is 0 Å². The van der Waals surface area contributed by atoms with E-state index in [9.17, 15) is 4.79 Å². The molecule has 1 atom stereocenters. The molecule has 10 heavy (non-hydrogen) atoms. The zero-order chi connectivity index (χ0) is 7.23. The Hall–Kier alpha value is -0.700. The molecule has 1 rings (SSSR count). The summed E-state index contributed by atoms with van der Waals surface area (Å²) < 4.78 is 5.24. The van der Waals surface area contributed by atoms with Crippen LogP contribution in [0, 0.1) is 0 Å². The van der Waals surface area contributed by atoms with Crippen LogP contribution in [0.15, 0.2) is 4.99 Å². The van der Waals surface area contributed by atoms with E-state index in [0.29, 0.717) is 13.2 Å². The van der Waals surface area contributed by atoms with Gasteiger partial charge in [-0.2, -0.15) is 0 Å². The summed E-state index contributed by atoms with van der Waals surface area (Å²) in [5, 5.41) is 3.13. The molecule has 1 unspecified atom stereocenters. The molecule has 0 bridgehead atoms. The van der Waals surface area contributed by atoms with Gasteiger partial charge in [0.1, 0.15) is 0 Å². The summed E-state index contributed by atoms with van der Waals surface area (Å²) in [7, 11) is 0. The van der Waals surface area contributed by atoms with Crippen LogP contribution in [-0.4, -0.2) is 38.4 Å². The van der Waals surface area contributed by atoms with Gasteiger partial charge in [0, 0.05) is 13.1 Å². The standard InChI is InChI=1S/C6H10N2O2/c9-5-8-4-6-3-7-1-2-10-6/h6-7H,1-4H2. The first-order valence-corrected chi connectivity index (χ1v) is 3.29. The molecule has 0 aromatic heterocycles. The van der Waals surface area contributed by atoms with Gasteiger partial charge in [-0.1, -0.05) is 0 Å². The molecule has 1 aliphatic rings. The van der Waals surface area contributed by atoms with Gasteiger partial charge in [0.15, 0.2) is 0 Å². The average molecular weight is 142 g/mol. The molecule has 1 aliphatic heterocycles. The summed E-state index contributed by atoms with van der Waals surface area (Å²) in [6, 6.07) is 0. The maximum absolute atomic E-state index is 9.68. The van der Waals surface area contributed by atoms with Crippen LogP contribution in [0.3, 0.4) is 0 Å². The molecule has 4 heteroatoms. The van der Waals surface area contributed by atoms with Crippen LogP contribution in [-0.2, 0) is 9.53 Å². The van der Waals surface area contributed by atoms with Crippen LogP contribution in [0.1, 0.15) is 0 Å². The first-order valence-electron chi connectivity index (χ1n) is 3.29. The van der Waals surface area contributed by atoms with Gasteiger partial charge >= 0.3 is 0 Å². The molecule has 1 saturated heterocycles. The fraction of sp³-hybridized carbons (Fsp3) is 0.833. The third-order valence-corrected chi connectivity index (χ3v) is 1.36. The van der Waals surface area contributed by atoms with E-state index < -0.39 is 0 Å². The first-order chi connectivity index (χ1) is 4.93. The topological polar surface area (TPSA) is 50.7 Å². The molecule has 1 fully saturated rings. The maximum atomic E-state index is 9.68. The predicted octanol–water partition coefficient (Wildman–Crippen LogP) is -0.689. The number of morpholine rings is 1. The molecule has 0 saturated carbocycles. The van der Waals surface area contributed by atoms with E-state index >= 15 is 0 Å². The summed E-state index contributed by atoms with van der Waals surface area (Å²) in [6.45, 7) is 2.81. The van der Waals surface area contributed by atoms with Crippen LogP contribution in [0.4, 0.5) is 0 Å². The Balaban J connectivity index is 2.19. The third-order valence-electron chi connectivity index (χ3n) is 1.36. The van der Waals surface area contributed by atoms with Crippen molar-refractivity contribution in [2.24, 2.45) is 4.99 Å². The lowest BCUT2D eigenvalue weighted by molar-refractivity contribution is 0.0349. The first kappa shape index (κ1) is 7.41. The van der Waals surface area contributed by atoms with Crippen molar-refractivity contribution >= 4 is 6.08 Å². The number of ether oxygens (including phenoxy) is 1. The Morgan fingerprint density at radius 2 is 2.70 bits per heavy atom. The number of isocyanates is 1. The Kier molecular flexibility index (Phi) is 3.09. The summed E-state index contributed by atoms with van der Waals surface area (Å²) in [5.41, 5.74) is 0. The van der Waals surface area contributed by atoms with Gasteiger partial charge in [-0.05, 0) is 0 Å². The number of nitrogens with one attached hydrogen (secondary N) is 1. The minimum absolute atomic E-state index is 0.0650. The van der Waals surface area contributed by atoms with Crippen LogP contribution >= 0.6 is 0 Å². The number of rotatable bonds is 2. The molecule has 4 nitrogen and oxygen atoms in total. The largest absolute Gasteiger partial charge is 0.374 e. The van der Waals surface area contributed by atoms with Crippen molar-refractivity contribution in [3.8, 4) is 0 Å². The maximum Gasteiger partial charge on any atom is 0.235 e. The fourth-order valence-corrected chi connectivity index (χ4v) is 0.876. The second kappa shape index (κ2) is 4.17. The van der Waals surface area contributed by atoms with Gasteiger partial charge in [-0.25, -0.2) is 9.79 Å². The number of aliphatic imine (C=N–C) groups is 1. The lowest BCUT2D eigenvalue weighted by Gasteiger charge is -2.21. The summed E-state index contributed by atoms with van der Waals surface area (Å²) >= 11 is 0. The molecule has 0 aromatic carbocycles. The molecule has 1 heterocycles. The number of hydrogen-bond acceptors (Lipinski definition) is 4. The Morgan fingerprint density at radius 1 is 1.80 bits per heavy atom. The number of hydrogen-bond donors (Lipinski definition) is 1. The van der Waals surface area contributed by atoms with E-state index in [1.807, 2.05) is 0 Å². The van der Waals surface area contributed by atoms with Gasteiger partial charge in [0.05, 0.1) is 19.3 Å². The van der Waals surface area contributed by atoms with E-state index in [2.05, 4.69) is 10.3 Å². The molecule has 0 spiro atoms. The fourth-order valence-electron chi connectivity index (χ4n) is 0.876. The number of carbonyl (C=O) groups excluding carboxylic acids is 1. The molecule has 0 aliphatic carbocycles. The van der Waals surface area contributed by atoms with Gasteiger partial charge in [0.2, 0.25) is 6.08 Å². The van der Waals surface area contributed by atoms with Crippen LogP contribution in [0.25, 0.3) is 0 Å². The van der Waals surface area contributed by atoms with E-state index in [4.69, 9.17) is 4.74 Å². The highest BCUT2D eigenvalue weighted by Crippen LogP contribution is 1.94. The second-order valence-electron chi connectivity index (χ2n) is 2.13. The van der Waals surface area contributed by atoms with E-state index in [1.54, 1.807) is 0 Å². The molecule has 56 valence electrons. The Labute approximate surface area is 59.3 Å². The van der Waals surface area contributed by atoms with Crippen molar-refractivity contribution in [3.05, 3.63) is 0 Å². The molecular formula is C6H10N2O2.